The first-order valence-electron chi connectivity index (χ1n) is 10.1. The number of aromatic nitrogens is 3. The molecule has 1 saturated carbocycles. The molecule has 4 rings (SSSR count). The van der Waals surface area contributed by atoms with Gasteiger partial charge in [-0.2, -0.15) is 4.98 Å². The van der Waals surface area contributed by atoms with Crippen molar-refractivity contribution in [3.8, 4) is 0 Å². The molecule has 1 aliphatic carbocycles. The molecule has 0 amide bonds. The lowest BCUT2D eigenvalue weighted by molar-refractivity contribution is 0.0261. The lowest BCUT2D eigenvalue weighted by atomic mass is 9.99. The topological polar surface area (TPSA) is 114 Å². The minimum atomic E-state index is -3.90. The number of aliphatic hydroxyl groups is 1. The molecule has 2 N–H and O–H groups in total. The van der Waals surface area contributed by atoms with Gasteiger partial charge in [0.2, 0.25) is 5.95 Å². The number of nitrogens with zero attached hydrogens (tertiary/aromatic N) is 3. The number of fused-ring (bicyclic) bond motifs is 1. The van der Waals surface area contributed by atoms with E-state index in [0.29, 0.717) is 30.5 Å². The molecule has 0 radical (unpaired) electrons. The fraction of sp³-hybridized carbons (Fsp3) is 0.381. The molecule has 176 valence electrons. The Morgan fingerprint density at radius 1 is 1.33 bits per heavy atom. The maximum absolute atomic E-state index is 13.6. The molecule has 1 aliphatic rings. The molecule has 2 heterocycles. The summed E-state index contributed by atoms with van der Waals surface area (Å²) in [6.45, 7) is 3.24. The molecule has 2 aromatic heterocycles. The van der Waals surface area contributed by atoms with Crippen molar-refractivity contribution in [3.05, 3.63) is 51.9 Å². The third-order valence-corrected chi connectivity index (χ3v) is 7.30. The van der Waals surface area contributed by atoms with Gasteiger partial charge in [0.25, 0.3) is 21.0 Å². The number of rotatable bonds is 5. The van der Waals surface area contributed by atoms with Crippen LogP contribution >= 0.6 is 10.7 Å². The third kappa shape index (κ3) is 4.44. The molecular weight excluding hydrogens is 478 g/mol. The fourth-order valence-electron chi connectivity index (χ4n) is 4.23. The van der Waals surface area contributed by atoms with Crippen LogP contribution in [0.25, 0.3) is 11.0 Å². The zero-order valence-electron chi connectivity index (χ0n) is 17.7. The van der Waals surface area contributed by atoms with Gasteiger partial charge in [0.15, 0.2) is 0 Å². The summed E-state index contributed by atoms with van der Waals surface area (Å²) in [6, 6.07) is 4.54. The summed E-state index contributed by atoms with van der Waals surface area (Å²) in [6.07, 6.45) is -0.166. The molecule has 0 bridgehead atoms. The van der Waals surface area contributed by atoms with Crippen LogP contribution < -0.4 is 10.9 Å². The van der Waals surface area contributed by atoms with Crippen molar-refractivity contribution >= 4 is 42.4 Å². The number of hydrogen-bond donors (Lipinski definition) is 2. The zero-order chi connectivity index (χ0) is 24.1. The van der Waals surface area contributed by atoms with Crippen molar-refractivity contribution in [1.82, 2.24) is 14.5 Å². The summed E-state index contributed by atoms with van der Waals surface area (Å²) in [7, 11) is 1.49. The van der Waals surface area contributed by atoms with Gasteiger partial charge in [-0.1, -0.05) is 0 Å². The number of anilines is 2. The van der Waals surface area contributed by atoms with Crippen LogP contribution in [-0.2, 0) is 9.05 Å². The van der Waals surface area contributed by atoms with Crippen molar-refractivity contribution < 1.29 is 22.3 Å². The average Bonchev–Trinajstić information content (AvgIpc) is 3.06. The molecule has 1 aromatic carbocycles. The monoisotopic (exact) mass is 498 g/mol. The molecular formula is C21H21ClF2N4O4S. The molecule has 0 spiro atoms. The van der Waals surface area contributed by atoms with Crippen molar-refractivity contribution in [2.24, 2.45) is 0 Å². The smallest absolute Gasteiger partial charge is 0.269 e. The Morgan fingerprint density at radius 2 is 2.06 bits per heavy atom. The maximum atomic E-state index is 13.6. The molecule has 0 saturated heterocycles. The van der Waals surface area contributed by atoms with Gasteiger partial charge < -0.3 is 10.4 Å². The summed E-state index contributed by atoms with van der Waals surface area (Å²) in [5.41, 5.74) is -1.68. The highest BCUT2D eigenvalue weighted by Gasteiger charge is 2.40. The summed E-state index contributed by atoms with van der Waals surface area (Å²) < 4.78 is 51.3. The van der Waals surface area contributed by atoms with Gasteiger partial charge in [0.1, 0.15) is 5.65 Å². The van der Waals surface area contributed by atoms with E-state index >= 15 is 0 Å². The van der Waals surface area contributed by atoms with E-state index < -0.39 is 38.2 Å². The first-order valence-corrected chi connectivity index (χ1v) is 12.4. The van der Waals surface area contributed by atoms with E-state index in [-0.39, 0.29) is 21.9 Å². The number of pyridine rings is 1. The van der Waals surface area contributed by atoms with E-state index in [1.807, 2.05) is 0 Å². The van der Waals surface area contributed by atoms with E-state index in [2.05, 4.69) is 15.3 Å². The molecule has 0 aliphatic heterocycles. The van der Waals surface area contributed by atoms with Crippen molar-refractivity contribution in [1.29, 1.82) is 0 Å². The van der Waals surface area contributed by atoms with Crippen molar-refractivity contribution in [3.63, 3.8) is 0 Å². The Hall–Kier alpha value is -2.63. The van der Waals surface area contributed by atoms with Crippen LogP contribution in [0.4, 0.5) is 20.4 Å². The van der Waals surface area contributed by atoms with Crippen LogP contribution in [0.5, 0.6) is 0 Å². The van der Waals surface area contributed by atoms with Crippen LogP contribution in [-0.4, -0.2) is 33.7 Å². The second-order valence-corrected chi connectivity index (χ2v) is 10.9. The largest absolute Gasteiger partial charge is 0.388 e. The predicted octanol–water partition coefficient (Wildman–Crippen LogP) is 4.18. The summed E-state index contributed by atoms with van der Waals surface area (Å²) in [4.78, 5) is 21.5. The Labute approximate surface area is 192 Å². The Balaban J connectivity index is 1.84. The second kappa shape index (κ2) is 8.30. The number of alkyl halides is 2. The fourth-order valence-corrected chi connectivity index (χ4v) is 5.07. The minimum absolute atomic E-state index is 0.0662. The second-order valence-electron chi connectivity index (χ2n) is 8.35. The van der Waals surface area contributed by atoms with E-state index in [4.69, 9.17) is 10.7 Å². The normalized spacial score (nSPS) is 21.1. The summed E-state index contributed by atoms with van der Waals surface area (Å²) >= 11 is 0. The highest BCUT2D eigenvalue weighted by molar-refractivity contribution is 8.13. The Morgan fingerprint density at radius 3 is 2.64 bits per heavy atom. The predicted molar refractivity (Wildman–Crippen MR) is 120 cm³/mol. The molecule has 2 atom stereocenters. The average molecular weight is 499 g/mol. The maximum Gasteiger partial charge on any atom is 0.269 e. The Bertz CT molecular complexity index is 1410. The number of nitrogens with one attached hydrogen (secondary N) is 1. The highest BCUT2D eigenvalue weighted by atomic mass is 35.7. The SMILES string of the molecule is Cc1cc(S(=O)(=O)Cl)ccc1Nc1ncc2cc(C(F)F)c(=O)n([C@@H]3CCC[C@@]3(C)O)c2n1. The van der Waals surface area contributed by atoms with Gasteiger partial charge in [-0.3, -0.25) is 9.36 Å². The van der Waals surface area contributed by atoms with Gasteiger partial charge in [-0.15, -0.1) is 0 Å². The van der Waals surface area contributed by atoms with Crippen molar-refractivity contribution in [2.45, 2.75) is 56.1 Å². The van der Waals surface area contributed by atoms with E-state index in [1.54, 1.807) is 13.8 Å². The molecule has 33 heavy (non-hydrogen) atoms. The Kier molecular flexibility index (Phi) is 5.92. The molecule has 12 heteroatoms. The summed E-state index contributed by atoms with van der Waals surface area (Å²) in [5, 5.41) is 14.0. The lowest BCUT2D eigenvalue weighted by Gasteiger charge is -2.28. The number of aryl methyl sites for hydroxylation is 1. The third-order valence-electron chi connectivity index (χ3n) is 5.95. The van der Waals surface area contributed by atoms with E-state index in [1.165, 1.54) is 24.4 Å². The van der Waals surface area contributed by atoms with Crippen LogP contribution in [0.2, 0.25) is 0 Å². The molecule has 0 unspecified atom stereocenters. The van der Waals surface area contributed by atoms with Crippen LogP contribution in [0.15, 0.2) is 40.2 Å². The van der Waals surface area contributed by atoms with E-state index in [0.717, 1.165) is 10.6 Å². The first-order chi connectivity index (χ1) is 15.4. The summed E-state index contributed by atoms with van der Waals surface area (Å²) in [5.74, 6) is 0.0719. The number of benzene rings is 1. The van der Waals surface area contributed by atoms with Crippen molar-refractivity contribution in [2.75, 3.05) is 5.32 Å². The van der Waals surface area contributed by atoms with Gasteiger partial charge in [-0.25, -0.2) is 22.2 Å². The van der Waals surface area contributed by atoms with E-state index in [9.17, 15) is 27.1 Å². The molecule has 1 fully saturated rings. The van der Waals surface area contributed by atoms with Gasteiger partial charge in [0.05, 0.1) is 22.1 Å². The van der Waals surface area contributed by atoms with Crippen LogP contribution in [0, 0.1) is 6.92 Å². The molecule has 3 aromatic rings. The van der Waals surface area contributed by atoms with Crippen LogP contribution in [0.3, 0.4) is 0 Å². The standard InChI is InChI=1S/C21H21ClF2N4O4S/c1-11-8-13(33(22,31)32)5-6-15(11)26-20-25-10-12-9-14(17(23)24)19(29)28(18(12)27-20)16-4-3-7-21(16,2)30/h5-6,8-10,16-17,30H,3-4,7H2,1-2H3,(H,25,26,27)/t16-,21-/m1/s1. The first kappa shape index (κ1) is 23.5. The zero-order valence-corrected chi connectivity index (χ0v) is 19.3. The van der Waals surface area contributed by atoms with Crippen LogP contribution in [0.1, 0.15) is 49.8 Å². The number of hydrogen-bond acceptors (Lipinski definition) is 7. The minimum Gasteiger partial charge on any atom is -0.388 e. The lowest BCUT2D eigenvalue weighted by Crippen LogP contribution is -2.38. The van der Waals surface area contributed by atoms with Gasteiger partial charge in [0, 0.05) is 28.0 Å². The molecule has 8 nitrogen and oxygen atoms in total. The number of halogens is 3. The van der Waals surface area contributed by atoms with Gasteiger partial charge >= 0.3 is 0 Å². The van der Waals surface area contributed by atoms with Gasteiger partial charge in [-0.05, 0) is 62.9 Å². The highest BCUT2D eigenvalue weighted by Crippen LogP contribution is 2.40. The quantitative estimate of drug-likeness (QED) is 0.507.